The minimum atomic E-state index is -3.67. The number of carbonyl (C=O) groups is 1. The summed E-state index contributed by atoms with van der Waals surface area (Å²) in [4.78, 5) is 16.6. The molecule has 0 radical (unpaired) electrons. The maximum atomic E-state index is 13.7. The third-order valence-electron chi connectivity index (χ3n) is 7.52. The molecule has 8 nitrogen and oxygen atoms in total. The highest BCUT2D eigenvalue weighted by Crippen LogP contribution is 2.42. The summed E-state index contributed by atoms with van der Waals surface area (Å²) in [5.41, 5.74) is 5.44. The van der Waals surface area contributed by atoms with Crippen molar-refractivity contribution in [3.63, 3.8) is 0 Å². The summed E-state index contributed by atoms with van der Waals surface area (Å²) in [5, 5.41) is 4.17. The molecule has 2 heterocycles. The van der Waals surface area contributed by atoms with Crippen LogP contribution in [-0.4, -0.2) is 46.8 Å². The zero-order chi connectivity index (χ0) is 30.5. The molecule has 0 aliphatic carbocycles. The fourth-order valence-electron chi connectivity index (χ4n) is 5.20. The summed E-state index contributed by atoms with van der Waals surface area (Å²) in [5.74, 6) is 0.176. The lowest BCUT2D eigenvalue weighted by molar-refractivity contribution is 0.0964. The van der Waals surface area contributed by atoms with Gasteiger partial charge in [-0.15, -0.1) is 0 Å². The number of methoxy groups -OCH3 is 1. The van der Waals surface area contributed by atoms with Gasteiger partial charge in [0.1, 0.15) is 22.9 Å². The second-order valence-electron chi connectivity index (χ2n) is 10.2. The monoisotopic (exact) mass is 597 g/mol. The van der Waals surface area contributed by atoms with Gasteiger partial charge in [0.05, 0.1) is 24.6 Å². The number of rotatable bonds is 7. The van der Waals surface area contributed by atoms with E-state index >= 15 is 0 Å². The molecule has 43 heavy (non-hydrogen) atoms. The number of ether oxygens (including phenoxy) is 1. The molecule has 0 aliphatic heterocycles. The highest BCUT2D eigenvalue weighted by molar-refractivity contribution is 7.92. The van der Waals surface area contributed by atoms with Crippen molar-refractivity contribution in [2.45, 2.75) is 0 Å². The number of hydrogen-bond acceptors (Lipinski definition) is 5. The number of hydrogen-bond donors (Lipinski definition) is 2. The topological polar surface area (TPSA) is 105 Å². The van der Waals surface area contributed by atoms with Gasteiger partial charge in [-0.1, -0.05) is 18.2 Å². The van der Waals surface area contributed by atoms with Gasteiger partial charge in [-0.05, 0) is 65.7 Å². The molecular formula is C33H28FN3O5S. The number of anilines is 1. The standard InChI is InChI=1S/C33H28FN3O5S/c1-35-33(38)31-26-17-25(20-6-5-7-21(14-20)27-15-22-10-13-24(41-3)16-28(22)36-27)29(37(2)43(4,39)40)18-30(26)42-32(31)19-8-11-23(34)12-9-19/h5-18,36H,1-4H3,(H,35,38). The van der Waals surface area contributed by atoms with Gasteiger partial charge >= 0.3 is 0 Å². The van der Waals surface area contributed by atoms with E-state index in [0.717, 1.165) is 39.7 Å². The van der Waals surface area contributed by atoms with E-state index in [9.17, 15) is 17.6 Å². The lowest BCUT2D eigenvalue weighted by Crippen LogP contribution is -2.25. The zero-order valence-corrected chi connectivity index (χ0v) is 24.7. The number of H-pyrrole nitrogens is 1. The highest BCUT2D eigenvalue weighted by atomic mass is 32.2. The summed E-state index contributed by atoms with van der Waals surface area (Å²) < 4.78 is 51.9. The molecule has 0 saturated carbocycles. The second-order valence-corrected chi connectivity index (χ2v) is 12.2. The molecule has 6 rings (SSSR count). The van der Waals surface area contributed by atoms with Gasteiger partial charge in [-0.3, -0.25) is 9.10 Å². The predicted molar refractivity (Wildman–Crippen MR) is 168 cm³/mol. The average Bonchev–Trinajstić information content (AvgIpc) is 3.60. The molecule has 0 saturated heterocycles. The predicted octanol–water partition coefficient (Wildman–Crippen LogP) is 6.82. The number of aromatic nitrogens is 1. The van der Waals surface area contributed by atoms with Crippen LogP contribution in [0.2, 0.25) is 0 Å². The zero-order valence-electron chi connectivity index (χ0n) is 23.9. The van der Waals surface area contributed by atoms with Gasteiger partial charge in [0.2, 0.25) is 10.0 Å². The first-order chi connectivity index (χ1) is 20.6. The Balaban J connectivity index is 1.58. The Morgan fingerprint density at radius 3 is 2.40 bits per heavy atom. The maximum Gasteiger partial charge on any atom is 0.255 e. The van der Waals surface area contributed by atoms with Gasteiger partial charge in [0.15, 0.2) is 0 Å². The molecule has 1 amide bonds. The molecule has 4 aromatic carbocycles. The van der Waals surface area contributed by atoms with Gasteiger partial charge in [0.25, 0.3) is 5.91 Å². The van der Waals surface area contributed by atoms with Crippen LogP contribution in [0.1, 0.15) is 10.4 Å². The van der Waals surface area contributed by atoms with Crippen molar-refractivity contribution < 1.29 is 26.8 Å². The van der Waals surface area contributed by atoms with E-state index in [2.05, 4.69) is 10.3 Å². The number of halogens is 1. The summed E-state index contributed by atoms with van der Waals surface area (Å²) in [6.45, 7) is 0. The molecule has 0 spiro atoms. The van der Waals surface area contributed by atoms with Crippen LogP contribution in [0, 0.1) is 5.82 Å². The molecule has 0 atom stereocenters. The summed E-state index contributed by atoms with van der Waals surface area (Å²) in [6.07, 6.45) is 1.12. The molecule has 10 heteroatoms. The van der Waals surface area contributed by atoms with E-state index in [1.807, 2.05) is 48.5 Å². The van der Waals surface area contributed by atoms with Crippen LogP contribution < -0.4 is 14.4 Å². The molecule has 0 unspecified atom stereocenters. The maximum absolute atomic E-state index is 13.7. The van der Waals surface area contributed by atoms with Crippen molar-refractivity contribution in [2.75, 3.05) is 31.8 Å². The van der Waals surface area contributed by atoms with Crippen molar-refractivity contribution >= 4 is 43.5 Å². The number of benzene rings is 4. The quantitative estimate of drug-likeness (QED) is 0.210. The van der Waals surface area contributed by atoms with Crippen LogP contribution in [0.3, 0.4) is 0 Å². The Bertz CT molecular complexity index is 2130. The summed E-state index contributed by atoms with van der Waals surface area (Å²) in [6, 6.07) is 24.6. The van der Waals surface area contributed by atoms with Crippen LogP contribution in [0.25, 0.3) is 55.6 Å². The molecule has 2 N–H and O–H groups in total. The van der Waals surface area contributed by atoms with Crippen LogP contribution in [0.4, 0.5) is 10.1 Å². The minimum absolute atomic E-state index is 0.252. The van der Waals surface area contributed by atoms with Crippen LogP contribution in [0.15, 0.2) is 89.3 Å². The van der Waals surface area contributed by atoms with E-state index in [4.69, 9.17) is 9.15 Å². The minimum Gasteiger partial charge on any atom is -0.497 e. The molecule has 2 aromatic heterocycles. The van der Waals surface area contributed by atoms with Crippen molar-refractivity contribution in [3.8, 4) is 39.5 Å². The molecular weight excluding hydrogens is 569 g/mol. The van der Waals surface area contributed by atoms with Gasteiger partial charge < -0.3 is 19.5 Å². The number of furan rings is 1. The Morgan fingerprint density at radius 1 is 0.953 bits per heavy atom. The van der Waals surface area contributed by atoms with Crippen LogP contribution >= 0.6 is 0 Å². The normalized spacial score (nSPS) is 11.7. The first-order valence-electron chi connectivity index (χ1n) is 13.4. The van der Waals surface area contributed by atoms with Crippen LogP contribution in [-0.2, 0) is 10.0 Å². The third kappa shape index (κ3) is 5.10. The van der Waals surface area contributed by atoms with E-state index in [0.29, 0.717) is 27.8 Å². The lowest BCUT2D eigenvalue weighted by atomic mass is 9.96. The number of fused-ring (bicyclic) bond motifs is 2. The Morgan fingerprint density at radius 2 is 1.70 bits per heavy atom. The number of amides is 1. The van der Waals surface area contributed by atoms with E-state index in [1.165, 1.54) is 42.7 Å². The second kappa shape index (κ2) is 10.6. The van der Waals surface area contributed by atoms with Gasteiger partial charge in [0, 0.05) is 59.3 Å². The number of aromatic amines is 1. The molecule has 0 fully saturated rings. The third-order valence-corrected chi connectivity index (χ3v) is 8.71. The van der Waals surface area contributed by atoms with E-state index in [1.54, 1.807) is 19.2 Å². The summed E-state index contributed by atoms with van der Waals surface area (Å²) >= 11 is 0. The summed E-state index contributed by atoms with van der Waals surface area (Å²) in [7, 11) is 0.936. The van der Waals surface area contributed by atoms with E-state index in [-0.39, 0.29) is 11.3 Å². The first kappa shape index (κ1) is 28.0. The van der Waals surface area contributed by atoms with Crippen LogP contribution in [0.5, 0.6) is 5.75 Å². The SMILES string of the molecule is CNC(=O)c1c(-c2ccc(F)cc2)oc2cc(N(C)S(C)(=O)=O)c(-c3cccc(-c4cc5ccc(OC)cc5[nH]4)c3)cc12. The van der Waals surface area contributed by atoms with Gasteiger partial charge in [-0.2, -0.15) is 0 Å². The number of carbonyl (C=O) groups excluding carboxylic acids is 1. The number of sulfonamides is 1. The number of nitrogens with one attached hydrogen (secondary N) is 2. The van der Waals surface area contributed by atoms with E-state index < -0.39 is 21.7 Å². The van der Waals surface area contributed by atoms with Crippen molar-refractivity contribution in [2.24, 2.45) is 0 Å². The Kier molecular flexibility index (Phi) is 6.94. The molecule has 6 aromatic rings. The fourth-order valence-corrected chi connectivity index (χ4v) is 5.71. The van der Waals surface area contributed by atoms with Crippen molar-refractivity contribution in [3.05, 3.63) is 96.3 Å². The molecule has 218 valence electrons. The fraction of sp³-hybridized carbons (Fsp3) is 0.121. The van der Waals surface area contributed by atoms with Crippen molar-refractivity contribution in [1.82, 2.24) is 10.3 Å². The smallest absolute Gasteiger partial charge is 0.255 e. The molecule has 0 bridgehead atoms. The highest BCUT2D eigenvalue weighted by Gasteiger charge is 2.26. The Hall–Kier alpha value is -5.09. The average molecular weight is 598 g/mol. The first-order valence-corrected chi connectivity index (χ1v) is 15.2. The Labute approximate surface area is 247 Å². The number of nitrogens with zero attached hydrogens (tertiary/aromatic N) is 1. The van der Waals surface area contributed by atoms with Gasteiger partial charge in [-0.25, -0.2) is 12.8 Å². The lowest BCUT2D eigenvalue weighted by Gasteiger charge is -2.21. The largest absolute Gasteiger partial charge is 0.497 e. The molecule has 0 aliphatic rings. The van der Waals surface area contributed by atoms with Crippen molar-refractivity contribution in [1.29, 1.82) is 0 Å².